The van der Waals surface area contributed by atoms with Crippen LogP contribution in [0.3, 0.4) is 0 Å². The van der Waals surface area contributed by atoms with Crippen molar-refractivity contribution in [2.24, 2.45) is 0 Å². The van der Waals surface area contributed by atoms with Crippen molar-refractivity contribution < 1.29 is 0 Å². The molecule has 0 atom stereocenters. The van der Waals surface area contributed by atoms with E-state index in [9.17, 15) is 0 Å². The average Bonchev–Trinajstić information content (AvgIpc) is 2.74. The number of anilines is 12. The molecule has 0 aromatic heterocycles. The Morgan fingerprint density at radius 3 is 0.779 bits per heavy atom. The zero-order chi connectivity index (χ0) is 58.6. The van der Waals surface area contributed by atoms with E-state index in [0.717, 1.165) is 102 Å². The second-order valence-electron chi connectivity index (χ2n) is 20.8. The minimum atomic E-state index is 1.08. The Morgan fingerprint density at radius 1 is 0.198 bits per heavy atom. The SMILES string of the molecule is C=Cc1cccc(N(c2ccc(-c3ccc(N(c4cccc(C=C)c4)c4cccc5ccccc45)cc3)cc2)c2cccc3ccccc23)c1.C=Cc1cccc(N(c2ccccc2)c2ccc(N(c3ccccc3)c3cccc(C=C)c3)cc2)c1. The van der Waals surface area contributed by atoms with Crippen LogP contribution in [0.2, 0.25) is 0 Å². The number of para-hydroxylation sites is 2. The van der Waals surface area contributed by atoms with Crippen molar-refractivity contribution in [1.29, 1.82) is 0 Å². The molecule has 0 aliphatic carbocycles. The van der Waals surface area contributed by atoms with Gasteiger partial charge in [-0.2, -0.15) is 0 Å². The Kier molecular flexibility index (Phi) is 16.5. The van der Waals surface area contributed by atoms with Crippen LogP contribution >= 0.6 is 0 Å². The molecule has 0 amide bonds. The zero-order valence-electron chi connectivity index (χ0n) is 47.9. The van der Waals surface area contributed by atoms with Gasteiger partial charge in [-0.25, -0.2) is 0 Å². The van der Waals surface area contributed by atoms with E-state index >= 15 is 0 Å². The number of hydrogen-bond acceptors (Lipinski definition) is 4. The Bertz CT molecular complexity index is 4190. The summed E-state index contributed by atoms with van der Waals surface area (Å²) in [6, 6.07) is 111. The third-order valence-corrected chi connectivity index (χ3v) is 15.5. The molecule has 13 rings (SSSR count). The van der Waals surface area contributed by atoms with Gasteiger partial charge in [0.25, 0.3) is 0 Å². The van der Waals surface area contributed by atoms with Gasteiger partial charge in [0.15, 0.2) is 0 Å². The number of nitrogens with zero attached hydrogens (tertiary/aromatic N) is 4. The molecular weight excluding hydrogens is 1040 g/mol. The van der Waals surface area contributed by atoms with Crippen LogP contribution in [0.1, 0.15) is 22.3 Å². The summed E-state index contributed by atoms with van der Waals surface area (Å²) in [5, 5.41) is 4.82. The summed E-state index contributed by atoms with van der Waals surface area (Å²) in [5.74, 6) is 0. The van der Waals surface area contributed by atoms with E-state index in [4.69, 9.17) is 0 Å². The van der Waals surface area contributed by atoms with Crippen LogP contribution < -0.4 is 19.6 Å². The van der Waals surface area contributed by atoms with Crippen LogP contribution in [-0.4, -0.2) is 0 Å². The molecule has 13 aromatic rings. The van der Waals surface area contributed by atoms with Crippen LogP contribution in [0.15, 0.2) is 342 Å². The van der Waals surface area contributed by atoms with Crippen molar-refractivity contribution in [2.75, 3.05) is 19.6 Å². The highest BCUT2D eigenvalue weighted by Crippen LogP contribution is 2.44. The van der Waals surface area contributed by atoms with Gasteiger partial charge < -0.3 is 19.6 Å². The predicted octanol–water partition coefficient (Wildman–Crippen LogP) is 23.8. The Labute approximate surface area is 506 Å². The first-order valence-electron chi connectivity index (χ1n) is 28.9. The van der Waals surface area contributed by atoms with Crippen LogP contribution in [0, 0.1) is 0 Å². The molecule has 0 saturated carbocycles. The van der Waals surface area contributed by atoms with E-state index in [1.54, 1.807) is 0 Å². The van der Waals surface area contributed by atoms with Crippen LogP contribution in [0.25, 0.3) is 57.0 Å². The van der Waals surface area contributed by atoms with Gasteiger partial charge in [-0.15, -0.1) is 0 Å². The van der Waals surface area contributed by atoms with Gasteiger partial charge in [0, 0.05) is 67.6 Å². The molecule has 0 bridgehead atoms. The molecule has 0 aliphatic rings. The molecule has 4 heteroatoms. The second kappa shape index (κ2) is 25.8. The standard InChI is InChI=1S/C48H36N2.C34H28N2/c1-3-35-13-9-19-43(33-35)49(47-23-11-17-39-15-5-7-21-45(39)47)41-29-25-37(26-30-41)38-27-31-42(32-28-38)50(44-20-10-14-36(4-2)34-44)48-24-12-18-40-16-6-8-22-46(40)48;1-3-27-13-11-19-33(25-27)35(29-15-7-5-8-16-29)31-21-23-32(24-22-31)36(30-17-9-6-10-18-30)34-20-12-14-28(4-2)26-34/h3-34H,1-2H2;3-26H,1-2H2. The molecule has 0 unspecified atom stereocenters. The Morgan fingerprint density at radius 2 is 0.442 bits per heavy atom. The largest absolute Gasteiger partial charge is 0.310 e. The molecule has 412 valence electrons. The van der Waals surface area contributed by atoms with Gasteiger partial charge in [-0.1, -0.05) is 233 Å². The lowest BCUT2D eigenvalue weighted by molar-refractivity contribution is 1.25. The van der Waals surface area contributed by atoms with Crippen molar-refractivity contribution in [2.45, 2.75) is 0 Å². The summed E-state index contributed by atoms with van der Waals surface area (Å²) in [6.45, 7) is 15.9. The third-order valence-electron chi connectivity index (χ3n) is 15.5. The van der Waals surface area contributed by atoms with Gasteiger partial charge in [0.2, 0.25) is 0 Å². The van der Waals surface area contributed by atoms with Crippen molar-refractivity contribution in [1.82, 2.24) is 0 Å². The van der Waals surface area contributed by atoms with Crippen molar-refractivity contribution in [3.63, 3.8) is 0 Å². The average molecular weight is 1110 g/mol. The molecule has 0 aliphatic heterocycles. The first kappa shape index (κ1) is 55.1. The first-order valence-corrected chi connectivity index (χ1v) is 28.9. The number of benzene rings is 13. The number of fused-ring (bicyclic) bond motifs is 2. The normalized spacial score (nSPS) is 10.7. The van der Waals surface area contributed by atoms with E-state index in [1.165, 1.54) is 21.5 Å². The molecule has 13 aromatic carbocycles. The van der Waals surface area contributed by atoms with Crippen molar-refractivity contribution >= 4 is 114 Å². The summed E-state index contributed by atoms with van der Waals surface area (Å²) >= 11 is 0. The summed E-state index contributed by atoms with van der Waals surface area (Å²) in [7, 11) is 0. The van der Waals surface area contributed by atoms with Crippen LogP contribution in [0.5, 0.6) is 0 Å². The van der Waals surface area contributed by atoms with E-state index in [2.05, 4.69) is 349 Å². The van der Waals surface area contributed by atoms with Crippen LogP contribution in [-0.2, 0) is 0 Å². The van der Waals surface area contributed by atoms with Crippen molar-refractivity contribution in [3.8, 4) is 11.1 Å². The molecule has 4 nitrogen and oxygen atoms in total. The van der Waals surface area contributed by atoms with Gasteiger partial charge >= 0.3 is 0 Å². The summed E-state index contributed by atoms with van der Waals surface area (Å²) in [5.41, 5.74) is 19.8. The zero-order valence-corrected chi connectivity index (χ0v) is 47.9. The molecule has 0 spiro atoms. The fourth-order valence-electron chi connectivity index (χ4n) is 11.2. The Hall–Kier alpha value is -11.5. The van der Waals surface area contributed by atoms with Gasteiger partial charge in [0.05, 0.1) is 11.4 Å². The quantitative estimate of drug-likeness (QED) is 0.0901. The minimum Gasteiger partial charge on any atom is -0.310 e. The third kappa shape index (κ3) is 11.9. The minimum absolute atomic E-state index is 1.08. The highest BCUT2D eigenvalue weighted by molar-refractivity contribution is 6.01. The maximum absolute atomic E-state index is 4.02. The predicted molar refractivity (Wildman–Crippen MR) is 372 cm³/mol. The molecule has 86 heavy (non-hydrogen) atoms. The molecule has 0 radical (unpaired) electrons. The van der Waals surface area contributed by atoms with Gasteiger partial charge in [0.1, 0.15) is 0 Å². The smallest absolute Gasteiger partial charge is 0.0540 e. The number of hydrogen-bond donors (Lipinski definition) is 0. The summed E-state index contributed by atoms with van der Waals surface area (Å²) < 4.78 is 0. The Balaban J connectivity index is 0.000000178. The molecular formula is C82H64N4. The lowest BCUT2D eigenvalue weighted by Crippen LogP contribution is -2.12. The lowest BCUT2D eigenvalue weighted by atomic mass is 10.0. The summed E-state index contributed by atoms with van der Waals surface area (Å²) in [4.78, 5) is 9.20. The van der Waals surface area contributed by atoms with Crippen LogP contribution in [0.4, 0.5) is 68.2 Å². The lowest BCUT2D eigenvalue weighted by Gasteiger charge is -2.28. The molecule has 0 saturated heterocycles. The molecule has 0 N–H and O–H groups in total. The number of rotatable bonds is 17. The fraction of sp³-hybridized carbons (Fsp3) is 0. The molecule has 0 fully saturated rings. The monoisotopic (exact) mass is 1100 g/mol. The first-order chi connectivity index (χ1) is 42.5. The van der Waals surface area contributed by atoms with E-state index < -0.39 is 0 Å². The molecule has 0 heterocycles. The van der Waals surface area contributed by atoms with Crippen molar-refractivity contribution in [3.05, 3.63) is 364 Å². The highest BCUT2D eigenvalue weighted by Gasteiger charge is 2.20. The topological polar surface area (TPSA) is 13.0 Å². The summed E-state index contributed by atoms with van der Waals surface area (Å²) in [6.07, 6.45) is 7.56. The fourth-order valence-corrected chi connectivity index (χ4v) is 11.2. The maximum Gasteiger partial charge on any atom is 0.0540 e. The van der Waals surface area contributed by atoms with E-state index in [1.807, 2.05) is 36.4 Å². The maximum atomic E-state index is 4.02. The second-order valence-corrected chi connectivity index (χ2v) is 20.8. The van der Waals surface area contributed by atoms with Gasteiger partial charge in [-0.05, 0) is 178 Å². The highest BCUT2D eigenvalue weighted by atomic mass is 15.2. The van der Waals surface area contributed by atoms with E-state index in [-0.39, 0.29) is 0 Å². The van der Waals surface area contributed by atoms with Gasteiger partial charge in [-0.3, -0.25) is 0 Å². The van der Waals surface area contributed by atoms with E-state index in [0.29, 0.717) is 0 Å².